The highest BCUT2D eigenvalue weighted by Crippen LogP contribution is 2.33. The molecule has 106 valence electrons. The second kappa shape index (κ2) is 5.85. The van der Waals surface area contributed by atoms with E-state index in [4.69, 9.17) is 39.8 Å². The van der Waals surface area contributed by atoms with Crippen LogP contribution in [0.1, 0.15) is 5.76 Å². The Labute approximate surface area is 140 Å². The van der Waals surface area contributed by atoms with Gasteiger partial charge >= 0.3 is 0 Å². The summed E-state index contributed by atoms with van der Waals surface area (Å²) >= 11 is 18.2. The Balaban J connectivity index is 1.94. The van der Waals surface area contributed by atoms with E-state index in [0.717, 1.165) is 11.8 Å². The van der Waals surface area contributed by atoms with Crippen molar-refractivity contribution >= 4 is 63.5 Å². The Kier molecular flexibility index (Phi) is 4.08. The molecule has 21 heavy (non-hydrogen) atoms. The molecule has 3 rings (SSSR count). The minimum absolute atomic E-state index is 0.184. The Morgan fingerprint density at radius 3 is 2.76 bits per heavy atom. The summed E-state index contributed by atoms with van der Waals surface area (Å²) in [5.74, 6) is 1.19. The molecule has 0 atom stereocenters. The van der Waals surface area contributed by atoms with Gasteiger partial charge in [0.15, 0.2) is 0 Å². The van der Waals surface area contributed by atoms with Crippen molar-refractivity contribution in [2.45, 2.75) is 0 Å². The Morgan fingerprint density at radius 1 is 1.24 bits per heavy atom. The Hall–Kier alpha value is -1.27. The summed E-state index contributed by atoms with van der Waals surface area (Å²) in [7, 11) is 0. The van der Waals surface area contributed by atoms with Gasteiger partial charge in [0, 0.05) is 10.6 Å². The van der Waals surface area contributed by atoms with Crippen molar-refractivity contribution in [3.8, 4) is 11.3 Å². The summed E-state index contributed by atoms with van der Waals surface area (Å²) in [5.41, 5.74) is 0.713. The average Bonchev–Trinajstić information content (AvgIpc) is 3.00. The van der Waals surface area contributed by atoms with E-state index in [2.05, 4.69) is 5.32 Å². The minimum atomic E-state index is -0.184. The van der Waals surface area contributed by atoms with Crippen molar-refractivity contribution in [1.82, 2.24) is 5.32 Å². The van der Waals surface area contributed by atoms with Gasteiger partial charge in [0.2, 0.25) is 0 Å². The first kappa shape index (κ1) is 14.7. The number of thiocarbonyl (C=S) groups is 1. The van der Waals surface area contributed by atoms with Crippen molar-refractivity contribution in [2.24, 2.45) is 0 Å². The maximum Gasteiger partial charge on any atom is 0.289 e. The first-order valence-corrected chi connectivity index (χ1v) is 7.81. The molecule has 0 bridgehead atoms. The van der Waals surface area contributed by atoms with Gasteiger partial charge < -0.3 is 9.73 Å². The number of furan rings is 1. The second-order valence-corrected chi connectivity index (χ2v) is 6.45. The normalized spacial score (nSPS) is 16.6. The number of thioether (sulfide) groups is 1. The quantitative estimate of drug-likeness (QED) is 0.580. The zero-order valence-electron chi connectivity index (χ0n) is 10.4. The number of rotatable bonds is 2. The highest BCUT2D eigenvalue weighted by molar-refractivity contribution is 8.19. The van der Waals surface area contributed by atoms with Crippen LogP contribution in [0.5, 0.6) is 0 Å². The molecule has 0 radical (unpaired) electrons. The first-order chi connectivity index (χ1) is 10.0. The van der Waals surface area contributed by atoms with E-state index in [1.165, 1.54) is 0 Å². The van der Waals surface area contributed by atoms with E-state index >= 15 is 0 Å². The van der Waals surface area contributed by atoms with Gasteiger partial charge in [-0.2, -0.15) is 0 Å². The summed E-state index contributed by atoms with van der Waals surface area (Å²) in [6.45, 7) is 0. The molecule has 0 aliphatic carbocycles. The molecule has 1 aromatic carbocycles. The Bertz CT molecular complexity index is 783. The molecule has 7 heteroatoms. The van der Waals surface area contributed by atoms with Gasteiger partial charge in [-0.15, -0.1) is 0 Å². The van der Waals surface area contributed by atoms with E-state index in [-0.39, 0.29) is 5.24 Å². The lowest BCUT2D eigenvalue weighted by Crippen LogP contribution is -2.15. The van der Waals surface area contributed by atoms with E-state index in [1.807, 2.05) is 0 Å². The molecule has 0 unspecified atom stereocenters. The smallest absolute Gasteiger partial charge is 0.289 e. The van der Waals surface area contributed by atoms with Crippen molar-refractivity contribution in [3.63, 3.8) is 0 Å². The summed E-state index contributed by atoms with van der Waals surface area (Å²) in [4.78, 5) is 12.3. The van der Waals surface area contributed by atoms with Crippen molar-refractivity contribution in [3.05, 3.63) is 51.0 Å². The van der Waals surface area contributed by atoms with Crippen LogP contribution in [0.25, 0.3) is 17.4 Å². The van der Waals surface area contributed by atoms with Gasteiger partial charge in [0.05, 0.1) is 9.93 Å². The summed E-state index contributed by atoms with van der Waals surface area (Å²) in [6.07, 6.45) is 1.72. The van der Waals surface area contributed by atoms with Crippen LogP contribution >= 0.6 is 47.2 Å². The fraction of sp³-hybridized carbons (Fsp3) is 0. The lowest BCUT2D eigenvalue weighted by atomic mass is 10.2. The third-order valence-electron chi connectivity index (χ3n) is 2.74. The fourth-order valence-electron chi connectivity index (χ4n) is 1.81. The number of nitrogens with one attached hydrogen (secondary N) is 1. The molecule has 1 aliphatic rings. The summed E-state index contributed by atoms with van der Waals surface area (Å²) in [5, 5.41) is 3.49. The van der Waals surface area contributed by atoms with Crippen LogP contribution in [-0.2, 0) is 0 Å². The van der Waals surface area contributed by atoms with Crippen LogP contribution < -0.4 is 5.32 Å². The fourth-order valence-corrected chi connectivity index (χ4v) is 3.21. The predicted octanol–water partition coefficient (Wildman–Crippen LogP) is 5.38. The third-order valence-corrected chi connectivity index (χ3v) is 4.58. The van der Waals surface area contributed by atoms with Gasteiger partial charge in [-0.25, -0.2) is 0 Å². The van der Waals surface area contributed by atoms with Crippen molar-refractivity contribution < 1.29 is 9.21 Å². The predicted molar refractivity (Wildman–Crippen MR) is 90.9 cm³/mol. The molecule has 0 saturated carbocycles. The van der Waals surface area contributed by atoms with Crippen molar-refractivity contribution in [1.29, 1.82) is 0 Å². The van der Waals surface area contributed by atoms with E-state index < -0.39 is 0 Å². The average molecular weight is 356 g/mol. The largest absolute Gasteiger partial charge is 0.457 e. The number of hydrogen-bond donors (Lipinski definition) is 1. The third kappa shape index (κ3) is 3.16. The molecular formula is C14H7Cl2NO2S2. The first-order valence-electron chi connectivity index (χ1n) is 5.83. The summed E-state index contributed by atoms with van der Waals surface area (Å²) < 4.78 is 5.72. The lowest BCUT2D eigenvalue weighted by Gasteiger charge is -2.01. The number of hydrogen-bond acceptors (Lipinski definition) is 4. The van der Waals surface area contributed by atoms with Gasteiger partial charge in [-0.3, -0.25) is 4.79 Å². The molecule has 3 nitrogen and oxygen atoms in total. The molecule has 1 aromatic heterocycles. The van der Waals surface area contributed by atoms with Crippen LogP contribution in [0.4, 0.5) is 4.79 Å². The molecule has 1 saturated heterocycles. The molecular weight excluding hydrogens is 349 g/mol. The van der Waals surface area contributed by atoms with E-state index in [0.29, 0.717) is 37.0 Å². The zero-order valence-corrected chi connectivity index (χ0v) is 13.5. The monoisotopic (exact) mass is 355 g/mol. The number of carbonyl (C=O) groups is 1. The van der Waals surface area contributed by atoms with Gasteiger partial charge in [-0.05, 0) is 48.2 Å². The molecule has 1 fully saturated rings. The standard InChI is InChI=1S/C14H7Cl2NO2S2/c15-7-1-3-10(16)9(5-7)11-4-2-8(19-11)6-12-13(20)17-14(18)21-12/h1-6H,(H,17,18,20)/b12-6+. The van der Waals surface area contributed by atoms with Crippen LogP contribution in [0.2, 0.25) is 10.0 Å². The van der Waals surface area contributed by atoms with Crippen LogP contribution in [-0.4, -0.2) is 10.2 Å². The number of halogens is 2. The molecule has 0 spiro atoms. The van der Waals surface area contributed by atoms with E-state index in [9.17, 15) is 4.79 Å². The molecule has 1 aliphatic heterocycles. The number of carbonyl (C=O) groups excluding carboxylic acids is 1. The molecule has 1 N–H and O–H groups in total. The van der Waals surface area contributed by atoms with Crippen LogP contribution in [0.15, 0.2) is 39.7 Å². The molecule has 1 amide bonds. The van der Waals surface area contributed by atoms with Gasteiger partial charge in [0.1, 0.15) is 16.5 Å². The SMILES string of the molecule is O=C1NC(=S)/C(=C\c2ccc(-c3cc(Cl)ccc3Cl)o2)S1. The summed E-state index contributed by atoms with van der Waals surface area (Å²) in [6, 6.07) is 8.74. The minimum Gasteiger partial charge on any atom is -0.457 e. The highest BCUT2D eigenvalue weighted by atomic mass is 35.5. The topological polar surface area (TPSA) is 42.2 Å². The van der Waals surface area contributed by atoms with Gasteiger partial charge in [-0.1, -0.05) is 35.4 Å². The van der Waals surface area contributed by atoms with Crippen molar-refractivity contribution in [2.75, 3.05) is 0 Å². The number of benzene rings is 1. The highest BCUT2D eigenvalue weighted by Gasteiger charge is 2.22. The number of amides is 1. The molecule has 2 heterocycles. The maximum absolute atomic E-state index is 11.2. The lowest BCUT2D eigenvalue weighted by molar-refractivity contribution is 0.265. The van der Waals surface area contributed by atoms with Crippen LogP contribution in [0, 0.1) is 0 Å². The zero-order chi connectivity index (χ0) is 15.0. The molecule has 2 aromatic rings. The van der Waals surface area contributed by atoms with E-state index in [1.54, 1.807) is 36.4 Å². The maximum atomic E-state index is 11.2. The second-order valence-electron chi connectivity index (χ2n) is 4.18. The van der Waals surface area contributed by atoms with Crippen LogP contribution in [0.3, 0.4) is 0 Å². The van der Waals surface area contributed by atoms with Gasteiger partial charge in [0.25, 0.3) is 5.24 Å². The Morgan fingerprint density at radius 2 is 2.05 bits per heavy atom.